The van der Waals surface area contributed by atoms with E-state index < -0.39 is 5.82 Å². The SMILES string of the molecule is Nc1nc(-c2cc(F)cc(Cl)c2)nc(C2CCCC2)c1I. The predicted molar refractivity (Wildman–Crippen MR) is 90.8 cm³/mol. The van der Waals surface area contributed by atoms with Crippen LogP contribution in [-0.4, -0.2) is 9.97 Å². The highest BCUT2D eigenvalue weighted by Crippen LogP contribution is 2.37. The molecule has 0 unspecified atom stereocenters. The molecule has 1 saturated carbocycles. The van der Waals surface area contributed by atoms with E-state index >= 15 is 0 Å². The zero-order chi connectivity index (χ0) is 15.0. The smallest absolute Gasteiger partial charge is 0.161 e. The monoisotopic (exact) mass is 417 g/mol. The quantitative estimate of drug-likeness (QED) is 0.716. The van der Waals surface area contributed by atoms with Gasteiger partial charge in [0.05, 0.1) is 9.26 Å². The highest BCUT2D eigenvalue weighted by molar-refractivity contribution is 14.1. The van der Waals surface area contributed by atoms with Crippen LogP contribution in [0.4, 0.5) is 10.2 Å². The maximum absolute atomic E-state index is 13.5. The Kier molecular flexibility index (Phi) is 4.31. The average Bonchev–Trinajstić information content (AvgIpc) is 2.94. The zero-order valence-electron chi connectivity index (χ0n) is 11.2. The van der Waals surface area contributed by atoms with Crippen LogP contribution in [0.1, 0.15) is 37.3 Å². The standard InChI is InChI=1S/C15H14ClFIN3/c16-10-5-9(6-11(17)7-10)15-20-13(8-3-1-2-4-8)12(18)14(19)21-15/h5-8H,1-4H2,(H2,19,20,21). The van der Waals surface area contributed by atoms with E-state index in [4.69, 9.17) is 17.3 Å². The van der Waals surface area contributed by atoms with E-state index in [0.717, 1.165) is 22.1 Å². The molecule has 2 N–H and O–H groups in total. The summed E-state index contributed by atoms with van der Waals surface area (Å²) in [4.78, 5) is 8.93. The lowest BCUT2D eigenvalue weighted by Crippen LogP contribution is -2.08. The Labute approximate surface area is 141 Å². The van der Waals surface area contributed by atoms with Crippen LogP contribution in [0.2, 0.25) is 5.02 Å². The molecule has 0 bridgehead atoms. The number of nitrogen functional groups attached to an aromatic ring is 1. The van der Waals surface area contributed by atoms with Crippen molar-refractivity contribution >= 4 is 40.0 Å². The summed E-state index contributed by atoms with van der Waals surface area (Å²) in [5.74, 6) is 0.907. The normalized spacial score (nSPS) is 15.6. The van der Waals surface area contributed by atoms with Gasteiger partial charge in [-0.2, -0.15) is 0 Å². The summed E-state index contributed by atoms with van der Waals surface area (Å²) in [5, 5.41) is 0.327. The third-order valence-electron chi connectivity index (χ3n) is 3.77. The fraction of sp³-hybridized carbons (Fsp3) is 0.333. The summed E-state index contributed by atoms with van der Waals surface area (Å²) in [6.45, 7) is 0. The highest BCUT2D eigenvalue weighted by Gasteiger charge is 2.23. The van der Waals surface area contributed by atoms with Crippen molar-refractivity contribution in [2.24, 2.45) is 0 Å². The summed E-state index contributed by atoms with van der Waals surface area (Å²) >= 11 is 8.10. The van der Waals surface area contributed by atoms with Gasteiger partial charge in [-0.15, -0.1) is 0 Å². The summed E-state index contributed by atoms with van der Waals surface area (Å²) in [7, 11) is 0. The van der Waals surface area contributed by atoms with Crippen molar-refractivity contribution in [3.05, 3.63) is 38.3 Å². The van der Waals surface area contributed by atoms with E-state index in [-0.39, 0.29) is 0 Å². The number of benzene rings is 1. The number of rotatable bonds is 2. The summed E-state index contributed by atoms with van der Waals surface area (Å²) in [6.07, 6.45) is 4.67. The Morgan fingerprint density at radius 1 is 1.19 bits per heavy atom. The van der Waals surface area contributed by atoms with Gasteiger partial charge in [0.25, 0.3) is 0 Å². The maximum atomic E-state index is 13.5. The second-order valence-electron chi connectivity index (χ2n) is 5.27. The van der Waals surface area contributed by atoms with Crippen LogP contribution in [0.3, 0.4) is 0 Å². The lowest BCUT2D eigenvalue weighted by Gasteiger charge is -2.14. The number of hydrogen-bond donors (Lipinski definition) is 1. The first-order valence-corrected chi connectivity index (χ1v) is 8.29. The van der Waals surface area contributed by atoms with Crippen molar-refractivity contribution < 1.29 is 4.39 Å². The largest absolute Gasteiger partial charge is 0.383 e. The average molecular weight is 418 g/mol. The number of anilines is 1. The number of aromatic nitrogens is 2. The zero-order valence-corrected chi connectivity index (χ0v) is 14.2. The molecular formula is C15H14ClFIN3. The Morgan fingerprint density at radius 2 is 1.90 bits per heavy atom. The maximum Gasteiger partial charge on any atom is 0.161 e. The summed E-state index contributed by atoms with van der Waals surface area (Å²) in [6, 6.07) is 4.30. The predicted octanol–water partition coefficient (Wildman–Crippen LogP) is 4.78. The first-order chi connectivity index (χ1) is 10.0. The summed E-state index contributed by atoms with van der Waals surface area (Å²) < 4.78 is 14.4. The summed E-state index contributed by atoms with van der Waals surface area (Å²) in [5.41, 5.74) is 7.56. The van der Waals surface area contributed by atoms with Crippen molar-refractivity contribution in [3.63, 3.8) is 0 Å². The molecule has 0 atom stereocenters. The van der Waals surface area contributed by atoms with Crippen LogP contribution in [-0.2, 0) is 0 Å². The topological polar surface area (TPSA) is 51.8 Å². The van der Waals surface area contributed by atoms with Crippen LogP contribution in [0.25, 0.3) is 11.4 Å². The Morgan fingerprint density at radius 3 is 2.57 bits per heavy atom. The van der Waals surface area contributed by atoms with Crippen molar-refractivity contribution in [2.45, 2.75) is 31.6 Å². The second kappa shape index (κ2) is 6.04. The number of nitrogens with two attached hydrogens (primary N) is 1. The molecule has 2 aromatic rings. The molecule has 1 heterocycles. The lowest BCUT2D eigenvalue weighted by molar-refractivity contribution is 0.628. The molecule has 1 aromatic carbocycles. The molecule has 1 fully saturated rings. The van der Waals surface area contributed by atoms with E-state index in [2.05, 4.69) is 32.6 Å². The highest BCUT2D eigenvalue weighted by atomic mass is 127. The van der Waals surface area contributed by atoms with Gasteiger partial charge in [0.15, 0.2) is 5.82 Å². The van der Waals surface area contributed by atoms with Gasteiger partial charge >= 0.3 is 0 Å². The Bertz CT molecular complexity index is 667. The molecule has 3 nitrogen and oxygen atoms in total. The van der Waals surface area contributed by atoms with Gasteiger partial charge in [0.2, 0.25) is 0 Å². The minimum Gasteiger partial charge on any atom is -0.383 e. The molecule has 0 spiro atoms. The molecule has 110 valence electrons. The molecule has 0 aliphatic heterocycles. The minimum absolute atomic E-state index is 0.327. The van der Waals surface area contributed by atoms with Crippen LogP contribution in [0, 0.1) is 9.39 Å². The van der Waals surface area contributed by atoms with E-state index in [1.165, 1.54) is 25.0 Å². The molecule has 21 heavy (non-hydrogen) atoms. The number of hydrogen-bond acceptors (Lipinski definition) is 3. The van der Waals surface area contributed by atoms with Crippen molar-refractivity contribution in [3.8, 4) is 11.4 Å². The molecule has 0 saturated heterocycles. The van der Waals surface area contributed by atoms with E-state index in [1.807, 2.05) is 0 Å². The van der Waals surface area contributed by atoms with Gasteiger partial charge < -0.3 is 5.73 Å². The van der Waals surface area contributed by atoms with Gasteiger partial charge in [-0.05, 0) is 53.6 Å². The second-order valence-corrected chi connectivity index (χ2v) is 6.79. The lowest BCUT2D eigenvalue weighted by atomic mass is 10.0. The van der Waals surface area contributed by atoms with Crippen molar-refractivity contribution in [1.82, 2.24) is 9.97 Å². The van der Waals surface area contributed by atoms with Crippen LogP contribution < -0.4 is 5.73 Å². The van der Waals surface area contributed by atoms with E-state index in [0.29, 0.717) is 28.1 Å². The van der Waals surface area contributed by atoms with Crippen LogP contribution >= 0.6 is 34.2 Å². The fourth-order valence-corrected chi connectivity index (χ4v) is 3.67. The molecule has 0 radical (unpaired) electrons. The third-order valence-corrected chi connectivity index (χ3v) is 5.09. The minimum atomic E-state index is -0.402. The fourth-order valence-electron chi connectivity index (χ4n) is 2.76. The third kappa shape index (κ3) is 3.13. The van der Waals surface area contributed by atoms with E-state index in [9.17, 15) is 4.39 Å². The van der Waals surface area contributed by atoms with Gasteiger partial charge in [0.1, 0.15) is 11.6 Å². The molecule has 3 rings (SSSR count). The van der Waals surface area contributed by atoms with E-state index in [1.54, 1.807) is 6.07 Å². The number of nitrogens with zero attached hydrogens (tertiary/aromatic N) is 2. The van der Waals surface area contributed by atoms with Gasteiger partial charge in [-0.25, -0.2) is 14.4 Å². The molecule has 6 heteroatoms. The van der Waals surface area contributed by atoms with Gasteiger partial charge in [-0.1, -0.05) is 24.4 Å². The molecule has 1 aliphatic rings. The van der Waals surface area contributed by atoms with Gasteiger partial charge in [0, 0.05) is 16.5 Å². The first-order valence-electron chi connectivity index (χ1n) is 6.84. The Balaban J connectivity index is 2.10. The van der Waals surface area contributed by atoms with Crippen molar-refractivity contribution in [1.29, 1.82) is 0 Å². The molecule has 1 aromatic heterocycles. The number of halogens is 3. The van der Waals surface area contributed by atoms with Crippen LogP contribution in [0.5, 0.6) is 0 Å². The Hall–Kier alpha value is -0.950. The van der Waals surface area contributed by atoms with Crippen LogP contribution in [0.15, 0.2) is 18.2 Å². The molecule has 1 aliphatic carbocycles. The first kappa shape index (κ1) is 15.0. The molecule has 0 amide bonds. The molecular weight excluding hydrogens is 404 g/mol. The van der Waals surface area contributed by atoms with Gasteiger partial charge in [-0.3, -0.25) is 0 Å². The van der Waals surface area contributed by atoms with Crippen molar-refractivity contribution in [2.75, 3.05) is 5.73 Å².